The molecule has 1 aliphatic heterocycles. The van der Waals surface area contributed by atoms with Gasteiger partial charge in [0.05, 0.1) is 5.69 Å². The number of para-hydroxylation sites is 1. The van der Waals surface area contributed by atoms with Crippen LogP contribution in [-0.4, -0.2) is 23.6 Å². The van der Waals surface area contributed by atoms with Gasteiger partial charge in [-0.2, -0.15) is 0 Å². The lowest BCUT2D eigenvalue weighted by Gasteiger charge is -2.35. The van der Waals surface area contributed by atoms with Gasteiger partial charge in [-0.15, -0.1) is 0 Å². The summed E-state index contributed by atoms with van der Waals surface area (Å²) >= 11 is 0. The number of phenolic OH excluding ortho intramolecular Hbond substituents is 1. The molecule has 0 bridgehead atoms. The highest BCUT2D eigenvalue weighted by atomic mass is 16.3. The maximum atomic E-state index is 11.8. The lowest BCUT2D eigenvalue weighted by atomic mass is 10.1. The summed E-state index contributed by atoms with van der Waals surface area (Å²) in [5.74, 6) is 0.127. The van der Waals surface area contributed by atoms with Crippen molar-refractivity contribution in [3.05, 3.63) is 18.2 Å². The van der Waals surface area contributed by atoms with Crippen LogP contribution in [0.25, 0.3) is 0 Å². The van der Waals surface area contributed by atoms with Gasteiger partial charge in [-0.25, -0.2) is 0 Å². The van der Waals surface area contributed by atoms with E-state index in [-0.39, 0.29) is 17.2 Å². The number of carbonyl (C=O) groups is 1. The van der Waals surface area contributed by atoms with E-state index in [9.17, 15) is 9.90 Å². The molecule has 1 amide bonds. The topological polar surface area (TPSA) is 52.6 Å². The number of hydrogen-bond donors (Lipinski definition) is 2. The summed E-state index contributed by atoms with van der Waals surface area (Å²) in [5.41, 5.74) is 1.08. The van der Waals surface area contributed by atoms with Crippen LogP contribution in [0.2, 0.25) is 0 Å². The van der Waals surface area contributed by atoms with E-state index in [4.69, 9.17) is 0 Å². The number of amides is 1. The first-order valence-corrected chi connectivity index (χ1v) is 5.02. The second-order valence-electron chi connectivity index (χ2n) is 4.22. The molecule has 0 atom stereocenters. The third kappa shape index (κ3) is 0.936. The fourth-order valence-electron chi connectivity index (χ4n) is 2.23. The number of aromatic hydroxyl groups is 1. The van der Waals surface area contributed by atoms with Gasteiger partial charge in [0, 0.05) is 7.05 Å². The summed E-state index contributed by atoms with van der Waals surface area (Å²) in [6.45, 7) is 0. The number of anilines is 2. The van der Waals surface area contributed by atoms with Gasteiger partial charge < -0.3 is 15.3 Å². The number of nitrogens with zero attached hydrogens (tertiary/aromatic N) is 1. The number of phenols is 1. The predicted octanol–water partition coefficient (Wildman–Crippen LogP) is 1.31. The van der Waals surface area contributed by atoms with Gasteiger partial charge in [0.2, 0.25) is 5.91 Å². The van der Waals surface area contributed by atoms with Crippen LogP contribution < -0.4 is 10.2 Å². The third-order valence-electron chi connectivity index (χ3n) is 3.41. The van der Waals surface area contributed by atoms with Gasteiger partial charge in [-0.3, -0.25) is 4.79 Å². The molecule has 15 heavy (non-hydrogen) atoms. The van der Waals surface area contributed by atoms with Crippen LogP contribution in [0.4, 0.5) is 11.4 Å². The quantitative estimate of drug-likeness (QED) is 0.626. The van der Waals surface area contributed by atoms with Crippen LogP contribution in [-0.2, 0) is 4.79 Å². The second-order valence-corrected chi connectivity index (χ2v) is 4.22. The molecule has 0 aromatic heterocycles. The monoisotopic (exact) mass is 204 g/mol. The molecule has 1 aromatic carbocycles. The van der Waals surface area contributed by atoms with Crippen molar-refractivity contribution in [1.82, 2.24) is 0 Å². The Labute approximate surface area is 87.5 Å². The first kappa shape index (κ1) is 8.59. The zero-order valence-electron chi connectivity index (χ0n) is 8.45. The Bertz CT molecular complexity index is 452. The smallest absolute Gasteiger partial charge is 0.250 e. The van der Waals surface area contributed by atoms with Crippen molar-refractivity contribution in [1.29, 1.82) is 0 Å². The van der Waals surface area contributed by atoms with E-state index in [1.54, 1.807) is 12.1 Å². The maximum Gasteiger partial charge on any atom is 0.250 e. The molecule has 4 heteroatoms. The normalized spacial score (nSPS) is 21.1. The molecule has 0 unspecified atom stereocenters. The van der Waals surface area contributed by atoms with E-state index in [2.05, 4.69) is 5.32 Å². The van der Waals surface area contributed by atoms with Crippen molar-refractivity contribution in [2.24, 2.45) is 0 Å². The van der Waals surface area contributed by atoms with E-state index >= 15 is 0 Å². The molecule has 4 nitrogen and oxygen atoms in total. The number of nitrogens with one attached hydrogen (secondary N) is 1. The summed E-state index contributed by atoms with van der Waals surface area (Å²) in [7, 11) is 1.91. The highest BCUT2D eigenvalue weighted by Gasteiger charge is 2.56. The summed E-state index contributed by atoms with van der Waals surface area (Å²) in [6, 6.07) is 5.28. The lowest BCUT2D eigenvalue weighted by Crippen LogP contribution is -2.48. The van der Waals surface area contributed by atoms with Crippen molar-refractivity contribution < 1.29 is 9.90 Å². The van der Waals surface area contributed by atoms with E-state index in [1.807, 2.05) is 18.0 Å². The van der Waals surface area contributed by atoms with E-state index in [0.29, 0.717) is 5.69 Å². The number of rotatable bonds is 0. The molecule has 1 saturated carbocycles. The largest absolute Gasteiger partial charge is 0.506 e. The van der Waals surface area contributed by atoms with E-state index < -0.39 is 0 Å². The molecule has 2 aliphatic rings. The molecule has 0 radical (unpaired) electrons. The molecule has 1 spiro atoms. The Hall–Kier alpha value is -1.71. The standard InChI is InChI=1S/C11H12N2O2/c1-13-7-3-2-4-8(14)9(7)12-10(15)11(13)5-6-11/h2-4,14H,5-6H2,1H3,(H,12,15). The summed E-state index contributed by atoms with van der Waals surface area (Å²) < 4.78 is 0. The minimum absolute atomic E-state index is 0.000926. The Balaban J connectivity index is 2.18. The molecule has 1 aliphatic carbocycles. The van der Waals surface area contributed by atoms with Crippen molar-refractivity contribution in [2.75, 3.05) is 17.3 Å². The van der Waals surface area contributed by atoms with Crippen LogP contribution in [0, 0.1) is 0 Å². The molecule has 3 rings (SSSR count). The van der Waals surface area contributed by atoms with E-state index in [1.165, 1.54) is 0 Å². The van der Waals surface area contributed by atoms with E-state index in [0.717, 1.165) is 18.5 Å². The Morgan fingerprint density at radius 1 is 1.47 bits per heavy atom. The maximum absolute atomic E-state index is 11.8. The molecule has 1 fully saturated rings. The Morgan fingerprint density at radius 3 is 2.87 bits per heavy atom. The summed E-state index contributed by atoms with van der Waals surface area (Å²) in [4.78, 5) is 13.8. The third-order valence-corrected chi connectivity index (χ3v) is 3.41. The van der Waals surface area contributed by atoms with Crippen molar-refractivity contribution in [3.8, 4) is 5.75 Å². The average Bonchev–Trinajstić information content (AvgIpc) is 2.99. The molecule has 1 aromatic rings. The molecule has 0 saturated heterocycles. The number of benzene rings is 1. The molecule has 1 heterocycles. The minimum atomic E-state index is -0.346. The molecular weight excluding hydrogens is 192 g/mol. The van der Waals surface area contributed by atoms with Gasteiger partial charge in [0.25, 0.3) is 0 Å². The number of likely N-dealkylation sites (N-methyl/N-ethyl adjacent to an activating group) is 1. The number of fused-ring (bicyclic) bond motifs is 1. The van der Waals surface area contributed by atoms with Crippen LogP contribution in [0.1, 0.15) is 12.8 Å². The fourth-order valence-corrected chi connectivity index (χ4v) is 2.23. The van der Waals surface area contributed by atoms with Crippen molar-refractivity contribution in [3.63, 3.8) is 0 Å². The number of hydrogen-bond acceptors (Lipinski definition) is 3. The zero-order chi connectivity index (χ0) is 10.6. The van der Waals surface area contributed by atoms with Gasteiger partial charge >= 0.3 is 0 Å². The van der Waals surface area contributed by atoms with Crippen LogP contribution in [0.15, 0.2) is 18.2 Å². The average molecular weight is 204 g/mol. The molecule has 2 N–H and O–H groups in total. The first-order valence-electron chi connectivity index (χ1n) is 5.02. The number of carbonyl (C=O) groups excluding carboxylic acids is 1. The molecular formula is C11H12N2O2. The minimum Gasteiger partial charge on any atom is -0.506 e. The van der Waals surface area contributed by atoms with Crippen molar-refractivity contribution >= 4 is 17.3 Å². The van der Waals surface area contributed by atoms with Gasteiger partial charge in [0.15, 0.2) is 0 Å². The summed E-state index contributed by atoms with van der Waals surface area (Å²) in [5, 5.41) is 12.4. The van der Waals surface area contributed by atoms with Crippen molar-refractivity contribution in [2.45, 2.75) is 18.4 Å². The van der Waals surface area contributed by atoms with Crippen LogP contribution in [0.3, 0.4) is 0 Å². The highest BCUT2D eigenvalue weighted by Crippen LogP contribution is 2.50. The SMILES string of the molecule is CN1c2cccc(O)c2NC(=O)C12CC2. The molecule has 78 valence electrons. The lowest BCUT2D eigenvalue weighted by molar-refractivity contribution is -0.118. The summed E-state index contributed by atoms with van der Waals surface area (Å²) in [6.07, 6.45) is 1.79. The Morgan fingerprint density at radius 2 is 2.20 bits per heavy atom. The zero-order valence-corrected chi connectivity index (χ0v) is 8.45. The van der Waals surface area contributed by atoms with Crippen LogP contribution in [0.5, 0.6) is 5.75 Å². The first-order chi connectivity index (χ1) is 7.15. The van der Waals surface area contributed by atoms with Crippen LogP contribution >= 0.6 is 0 Å². The fraction of sp³-hybridized carbons (Fsp3) is 0.364. The van der Waals surface area contributed by atoms with Gasteiger partial charge in [-0.1, -0.05) is 6.07 Å². The highest BCUT2D eigenvalue weighted by molar-refractivity contribution is 6.09. The van der Waals surface area contributed by atoms with Gasteiger partial charge in [-0.05, 0) is 25.0 Å². The Kier molecular flexibility index (Phi) is 1.40. The van der Waals surface area contributed by atoms with Gasteiger partial charge in [0.1, 0.15) is 17.0 Å². The predicted molar refractivity (Wildman–Crippen MR) is 57.1 cm³/mol. The second kappa shape index (κ2) is 2.45.